The first-order valence-electron chi connectivity index (χ1n) is 11.6. The van der Waals surface area contributed by atoms with Crippen LogP contribution >= 0.6 is 0 Å². The summed E-state index contributed by atoms with van der Waals surface area (Å²) in [5, 5.41) is 0. The summed E-state index contributed by atoms with van der Waals surface area (Å²) in [6.45, 7) is 3.60. The molecule has 0 aromatic heterocycles. The van der Waals surface area contributed by atoms with E-state index in [1.54, 1.807) is 12.1 Å². The van der Waals surface area contributed by atoms with Gasteiger partial charge in [0, 0.05) is 37.7 Å². The zero-order valence-corrected chi connectivity index (χ0v) is 18.5. The topological polar surface area (TPSA) is 49.9 Å². The molecule has 0 saturated carbocycles. The largest absolute Gasteiger partial charge is 0.493 e. The average Bonchev–Trinajstić information content (AvgIpc) is 2.83. The molecule has 1 atom stereocenters. The minimum atomic E-state index is -0.316. The second-order valence-electron chi connectivity index (χ2n) is 8.84. The molecule has 0 bridgehead atoms. The first-order valence-corrected chi connectivity index (χ1v) is 11.6. The molecule has 2 saturated heterocycles. The van der Waals surface area contributed by atoms with E-state index < -0.39 is 0 Å². The fourth-order valence-corrected chi connectivity index (χ4v) is 4.55. The van der Waals surface area contributed by atoms with Gasteiger partial charge in [0.15, 0.2) is 0 Å². The van der Waals surface area contributed by atoms with Gasteiger partial charge >= 0.3 is 0 Å². The molecule has 32 heavy (non-hydrogen) atoms. The molecule has 2 aromatic rings. The van der Waals surface area contributed by atoms with Crippen LogP contribution in [0, 0.1) is 11.7 Å². The van der Waals surface area contributed by atoms with Crippen LogP contribution in [0.3, 0.4) is 0 Å². The summed E-state index contributed by atoms with van der Waals surface area (Å²) >= 11 is 0. The van der Waals surface area contributed by atoms with Crippen molar-refractivity contribution in [3.63, 3.8) is 0 Å². The fourth-order valence-electron chi connectivity index (χ4n) is 4.55. The Balaban J connectivity index is 1.26. The molecule has 4 rings (SSSR count). The third-order valence-corrected chi connectivity index (χ3v) is 6.35. The Morgan fingerprint density at radius 1 is 0.938 bits per heavy atom. The molecule has 6 heteroatoms. The van der Waals surface area contributed by atoms with E-state index in [1.807, 2.05) is 34.1 Å². The minimum absolute atomic E-state index is 0.0286. The highest BCUT2D eigenvalue weighted by Crippen LogP contribution is 2.21. The number of benzene rings is 2. The number of amides is 2. The van der Waals surface area contributed by atoms with E-state index in [9.17, 15) is 14.0 Å². The maximum absolute atomic E-state index is 13.4. The van der Waals surface area contributed by atoms with Gasteiger partial charge < -0.3 is 14.5 Å². The number of nitrogens with zero attached hydrogens (tertiary/aromatic N) is 2. The number of piperidine rings is 2. The van der Waals surface area contributed by atoms with Gasteiger partial charge in [-0.05, 0) is 74.1 Å². The number of carbonyl (C=O) groups excluding carboxylic acids is 2. The molecule has 0 aliphatic carbocycles. The molecule has 2 aliphatic rings. The second kappa shape index (κ2) is 10.6. The lowest BCUT2D eigenvalue weighted by Crippen LogP contribution is -2.42. The van der Waals surface area contributed by atoms with Crippen molar-refractivity contribution in [2.45, 2.75) is 38.5 Å². The van der Waals surface area contributed by atoms with E-state index in [1.165, 1.54) is 18.6 Å². The van der Waals surface area contributed by atoms with Gasteiger partial charge in [0.05, 0.1) is 13.0 Å². The maximum atomic E-state index is 13.4. The van der Waals surface area contributed by atoms with E-state index in [-0.39, 0.29) is 30.0 Å². The molecule has 2 fully saturated rings. The SMILES string of the molecule is O=C(Cc1cccc(F)c1)N1CCC[C@H](COc2ccc(C(=O)N3CCCCC3)cc2)C1. The average molecular weight is 439 g/mol. The van der Waals surface area contributed by atoms with Gasteiger partial charge in [-0.3, -0.25) is 9.59 Å². The van der Waals surface area contributed by atoms with Crippen molar-refractivity contribution >= 4 is 11.8 Å². The Labute approximate surface area is 189 Å². The highest BCUT2D eigenvalue weighted by molar-refractivity contribution is 5.94. The predicted octanol–water partition coefficient (Wildman–Crippen LogP) is 4.31. The lowest BCUT2D eigenvalue weighted by Gasteiger charge is -2.32. The van der Waals surface area contributed by atoms with Gasteiger partial charge in [-0.2, -0.15) is 0 Å². The summed E-state index contributed by atoms with van der Waals surface area (Å²) in [7, 11) is 0. The highest BCUT2D eigenvalue weighted by Gasteiger charge is 2.24. The zero-order valence-electron chi connectivity index (χ0n) is 18.5. The van der Waals surface area contributed by atoms with Crippen molar-refractivity contribution in [1.29, 1.82) is 0 Å². The van der Waals surface area contributed by atoms with E-state index >= 15 is 0 Å². The summed E-state index contributed by atoms with van der Waals surface area (Å²) in [6, 6.07) is 13.6. The van der Waals surface area contributed by atoms with Gasteiger partial charge in [-0.25, -0.2) is 4.39 Å². The zero-order chi connectivity index (χ0) is 22.3. The van der Waals surface area contributed by atoms with Crippen LogP contribution < -0.4 is 4.74 Å². The standard InChI is InChI=1S/C26H31FN2O3/c27-23-8-4-6-20(16-23)17-25(30)29-15-5-7-21(18-29)19-32-24-11-9-22(10-12-24)26(31)28-13-2-1-3-14-28/h4,6,8-12,16,21H,1-3,5,7,13-15,17-19H2/t21-/m0/s1. The Morgan fingerprint density at radius 2 is 1.69 bits per heavy atom. The number of likely N-dealkylation sites (tertiary alicyclic amines) is 2. The second-order valence-corrected chi connectivity index (χ2v) is 8.84. The van der Waals surface area contributed by atoms with Crippen LogP contribution in [0.1, 0.15) is 48.0 Å². The number of ether oxygens (including phenoxy) is 1. The molecular weight excluding hydrogens is 407 g/mol. The molecular formula is C26H31FN2O3. The van der Waals surface area contributed by atoms with Crippen LogP contribution in [-0.2, 0) is 11.2 Å². The predicted molar refractivity (Wildman–Crippen MR) is 121 cm³/mol. The number of rotatable bonds is 6. The van der Waals surface area contributed by atoms with E-state index in [4.69, 9.17) is 4.74 Å². The van der Waals surface area contributed by atoms with Gasteiger partial charge in [-0.1, -0.05) is 12.1 Å². The Bertz CT molecular complexity index is 925. The van der Waals surface area contributed by atoms with Crippen LogP contribution in [0.2, 0.25) is 0 Å². The fraction of sp³-hybridized carbons (Fsp3) is 0.462. The van der Waals surface area contributed by atoms with Crippen LogP contribution in [0.15, 0.2) is 48.5 Å². The van der Waals surface area contributed by atoms with Gasteiger partial charge in [0.1, 0.15) is 11.6 Å². The van der Waals surface area contributed by atoms with Gasteiger partial charge in [0.25, 0.3) is 5.91 Å². The molecule has 2 heterocycles. The lowest BCUT2D eigenvalue weighted by molar-refractivity contribution is -0.132. The van der Waals surface area contributed by atoms with Gasteiger partial charge in [0.2, 0.25) is 5.91 Å². The third-order valence-electron chi connectivity index (χ3n) is 6.35. The summed E-state index contributed by atoms with van der Waals surface area (Å²) in [4.78, 5) is 29.0. The van der Waals surface area contributed by atoms with Crippen molar-refractivity contribution in [3.05, 3.63) is 65.5 Å². The van der Waals surface area contributed by atoms with Crippen molar-refractivity contribution in [2.75, 3.05) is 32.8 Å². The van der Waals surface area contributed by atoms with Crippen molar-refractivity contribution in [3.8, 4) is 5.75 Å². The van der Waals surface area contributed by atoms with E-state index in [2.05, 4.69) is 0 Å². The molecule has 0 spiro atoms. The van der Waals surface area contributed by atoms with Crippen LogP contribution in [-0.4, -0.2) is 54.4 Å². The lowest BCUT2D eigenvalue weighted by atomic mass is 9.98. The highest BCUT2D eigenvalue weighted by atomic mass is 19.1. The molecule has 2 aromatic carbocycles. The quantitative estimate of drug-likeness (QED) is 0.675. The van der Waals surface area contributed by atoms with Crippen LogP contribution in [0.5, 0.6) is 5.75 Å². The van der Waals surface area contributed by atoms with E-state index in [0.29, 0.717) is 24.3 Å². The number of hydrogen-bond donors (Lipinski definition) is 0. The van der Waals surface area contributed by atoms with E-state index in [0.717, 1.165) is 51.1 Å². The molecule has 170 valence electrons. The van der Waals surface area contributed by atoms with Crippen LogP contribution in [0.25, 0.3) is 0 Å². The van der Waals surface area contributed by atoms with Crippen molar-refractivity contribution < 1.29 is 18.7 Å². The molecule has 0 unspecified atom stereocenters. The normalized spacial score (nSPS) is 19.0. The van der Waals surface area contributed by atoms with Crippen LogP contribution in [0.4, 0.5) is 4.39 Å². The van der Waals surface area contributed by atoms with Gasteiger partial charge in [-0.15, -0.1) is 0 Å². The third kappa shape index (κ3) is 5.87. The Hall–Kier alpha value is -2.89. The summed E-state index contributed by atoms with van der Waals surface area (Å²) in [5.41, 5.74) is 1.40. The molecule has 0 radical (unpaired) electrons. The van der Waals surface area contributed by atoms with Crippen molar-refractivity contribution in [2.24, 2.45) is 5.92 Å². The number of halogens is 1. The first-order chi connectivity index (χ1) is 15.6. The molecule has 2 amide bonds. The summed E-state index contributed by atoms with van der Waals surface area (Å²) in [5.74, 6) is 0.805. The smallest absolute Gasteiger partial charge is 0.253 e. The first kappa shape index (κ1) is 22.3. The summed E-state index contributed by atoms with van der Waals surface area (Å²) in [6.07, 6.45) is 5.52. The summed E-state index contributed by atoms with van der Waals surface area (Å²) < 4.78 is 19.4. The maximum Gasteiger partial charge on any atom is 0.253 e. The molecule has 2 aliphatic heterocycles. The molecule has 0 N–H and O–H groups in total. The molecule has 5 nitrogen and oxygen atoms in total. The Kier molecular flexibility index (Phi) is 7.40. The monoisotopic (exact) mass is 438 g/mol. The number of hydrogen-bond acceptors (Lipinski definition) is 3. The minimum Gasteiger partial charge on any atom is -0.493 e. The number of carbonyl (C=O) groups is 2. The van der Waals surface area contributed by atoms with Crippen molar-refractivity contribution in [1.82, 2.24) is 9.80 Å². The Morgan fingerprint density at radius 3 is 2.44 bits per heavy atom.